The van der Waals surface area contributed by atoms with Gasteiger partial charge in [0.15, 0.2) is 0 Å². The highest BCUT2D eigenvalue weighted by molar-refractivity contribution is 7.93. The lowest BCUT2D eigenvalue weighted by Crippen LogP contribution is -2.51. The lowest BCUT2D eigenvalue weighted by Gasteiger charge is -2.40. The van der Waals surface area contributed by atoms with Crippen molar-refractivity contribution in [3.8, 4) is 11.1 Å². The fourth-order valence-electron chi connectivity index (χ4n) is 4.58. The molecule has 1 saturated heterocycles. The van der Waals surface area contributed by atoms with Gasteiger partial charge < -0.3 is 10.0 Å². The number of benzene rings is 2. The number of hydrogen-bond acceptors (Lipinski definition) is 4. The third-order valence-corrected chi connectivity index (χ3v) is 7.93. The molecule has 9 heteroatoms. The Morgan fingerprint density at radius 1 is 1.09 bits per heavy atom. The molecule has 2 aromatic carbocycles. The van der Waals surface area contributed by atoms with Crippen molar-refractivity contribution >= 4 is 39.1 Å². The van der Waals surface area contributed by atoms with Gasteiger partial charge in [-0.1, -0.05) is 32.0 Å². The van der Waals surface area contributed by atoms with Crippen LogP contribution in [0.2, 0.25) is 0 Å². The SMILES string of the molecule is CC(C)CC(=O)N1c2ccc(-c3cccc(N4CCCS4(=O)=O)c3)cc2N(C(=O)O)C[C@@H]1C. The lowest BCUT2D eigenvalue weighted by molar-refractivity contribution is -0.119. The summed E-state index contributed by atoms with van der Waals surface area (Å²) in [6, 6.07) is 12.4. The van der Waals surface area contributed by atoms with Gasteiger partial charge >= 0.3 is 6.09 Å². The zero-order chi connectivity index (χ0) is 23.9. The molecule has 1 N–H and O–H groups in total. The van der Waals surface area contributed by atoms with E-state index in [1.165, 1.54) is 9.21 Å². The molecule has 0 aliphatic carbocycles. The van der Waals surface area contributed by atoms with Gasteiger partial charge in [0.25, 0.3) is 0 Å². The Morgan fingerprint density at radius 3 is 2.45 bits per heavy atom. The van der Waals surface area contributed by atoms with Crippen LogP contribution in [0.15, 0.2) is 42.5 Å². The highest BCUT2D eigenvalue weighted by Crippen LogP contribution is 2.40. The van der Waals surface area contributed by atoms with Crippen LogP contribution in [0, 0.1) is 5.92 Å². The molecule has 2 aliphatic rings. The third kappa shape index (κ3) is 4.42. The summed E-state index contributed by atoms with van der Waals surface area (Å²) in [6.07, 6.45) is -0.101. The lowest BCUT2D eigenvalue weighted by atomic mass is 9.99. The van der Waals surface area contributed by atoms with E-state index in [1.54, 1.807) is 29.2 Å². The van der Waals surface area contributed by atoms with E-state index < -0.39 is 16.1 Å². The standard InChI is InChI=1S/C24H29N3O5S/c1-16(2)12-23(28)27-17(3)15-25(24(29)30)22-14-19(8-9-21(22)27)18-6-4-7-20(13-18)26-10-5-11-33(26,31)32/h4,6-9,13-14,16-17H,5,10-12,15H2,1-3H3,(H,29,30)/t17-/m0/s1. The maximum atomic E-state index is 13.0. The summed E-state index contributed by atoms with van der Waals surface area (Å²) in [7, 11) is -3.30. The van der Waals surface area contributed by atoms with E-state index in [-0.39, 0.29) is 30.2 Å². The molecule has 0 unspecified atom stereocenters. The Balaban J connectivity index is 1.76. The fraction of sp³-hybridized carbons (Fsp3) is 0.417. The van der Waals surface area contributed by atoms with E-state index in [0.717, 1.165) is 11.1 Å². The summed E-state index contributed by atoms with van der Waals surface area (Å²) < 4.78 is 26.1. The number of rotatable bonds is 4. The summed E-state index contributed by atoms with van der Waals surface area (Å²) in [6.45, 7) is 6.45. The minimum atomic E-state index is -3.30. The van der Waals surface area contributed by atoms with Crippen LogP contribution in [0.25, 0.3) is 11.1 Å². The van der Waals surface area contributed by atoms with Crippen LogP contribution in [-0.2, 0) is 14.8 Å². The molecule has 8 nitrogen and oxygen atoms in total. The number of carbonyl (C=O) groups is 2. The van der Waals surface area contributed by atoms with Crippen LogP contribution < -0.4 is 14.1 Å². The van der Waals surface area contributed by atoms with Gasteiger partial charge in [0.2, 0.25) is 15.9 Å². The van der Waals surface area contributed by atoms with Crippen LogP contribution >= 0.6 is 0 Å². The highest BCUT2D eigenvalue weighted by atomic mass is 32.2. The zero-order valence-corrected chi connectivity index (χ0v) is 19.9. The topological polar surface area (TPSA) is 98.2 Å². The average molecular weight is 472 g/mol. The number of hydrogen-bond donors (Lipinski definition) is 1. The minimum Gasteiger partial charge on any atom is -0.465 e. The van der Waals surface area contributed by atoms with Crippen LogP contribution in [-0.4, -0.2) is 50.4 Å². The number of amides is 2. The number of carbonyl (C=O) groups excluding carboxylic acids is 1. The Bertz CT molecular complexity index is 1190. The van der Waals surface area contributed by atoms with Gasteiger partial charge in [-0.25, -0.2) is 13.2 Å². The van der Waals surface area contributed by atoms with Crippen molar-refractivity contribution in [2.75, 3.05) is 32.9 Å². The number of fused-ring (bicyclic) bond motifs is 1. The van der Waals surface area contributed by atoms with Crippen molar-refractivity contribution in [1.82, 2.24) is 0 Å². The second kappa shape index (κ2) is 8.70. The Kier molecular flexibility index (Phi) is 6.09. The third-order valence-electron chi connectivity index (χ3n) is 6.06. The number of carboxylic acid groups (broad SMARTS) is 1. The second-order valence-electron chi connectivity index (χ2n) is 9.10. The second-order valence-corrected chi connectivity index (χ2v) is 11.1. The molecule has 0 bridgehead atoms. The zero-order valence-electron chi connectivity index (χ0n) is 19.1. The molecule has 0 saturated carbocycles. The van der Waals surface area contributed by atoms with Gasteiger partial charge in [0.1, 0.15) is 0 Å². The summed E-state index contributed by atoms with van der Waals surface area (Å²) in [4.78, 5) is 28.0. The van der Waals surface area contributed by atoms with E-state index in [0.29, 0.717) is 36.4 Å². The molecule has 1 atom stereocenters. The van der Waals surface area contributed by atoms with Crippen molar-refractivity contribution in [3.63, 3.8) is 0 Å². The van der Waals surface area contributed by atoms with Gasteiger partial charge in [-0.3, -0.25) is 14.0 Å². The molecule has 4 rings (SSSR count). The molecule has 0 aromatic heterocycles. The maximum Gasteiger partial charge on any atom is 0.411 e. The molecular formula is C24H29N3O5S. The first kappa shape index (κ1) is 23.1. The van der Waals surface area contributed by atoms with E-state index in [2.05, 4.69) is 0 Å². The van der Waals surface area contributed by atoms with Crippen molar-refractivity contribution in [1.29, 1.82) is 0 Å². The van der Waals surface area contributed by atoms with Gasteiger partial charge in [0, 0.05) is 19.5 Å². The van der Waals surface area contributed by atoms with Crippen molar-refractivity contribution in [2.24, 2.45) is 5.92 Å². The molecule has 1 fully saturated rings. The normalized spacial score (nSPS) is 19.6. The Labute approximate surface area is 194 Å². The summed E-state index contributed by atoms with van der Waals surface area (Å²) in [5.41, 5.74) is 3.16. The molecule has 2 amide bonds. The van der Waals surface area contributed by atoms with Gasteiger partial charge in [-0.05, 0) is 54.7 Å². The first-order valence-corrected chi connectivity index (χ1v) is 12.8. The quantitative estimate of drug-likeness (QED) is 0.722. The first-order valence-electron chi connectivity index (χ1n) is 11.2. The molecule has 0 radical (unpaired) electrons. The van der Waals surface area contributed by atoms with Gasteiger partial charge in [0.05, 0.1) is 28.9 Å². The largest absolute Gasteiger partial charge is 0.465 e. The van der Waals surface area contributed by atoms with E-state index >= 15 is 0 Å². The van der Waals surface area contributed by atoms with Crippen LogP contribution in [0.5, 0.6) is 0 Å². The number of anilines is 3. The maximum absolute atomic E-state index is 13.0. The molecule has 2 aliphatic heterocycles. The summed E-state index contributed by atoms with van der Waals surface area (Å²) in [5.74, 6) is 0.300. The molecule has 176 valence electrons. The van der Waals surface area contributed by atoms with Gasteiger partial charge in [-0.15, -0.1) is 0 Å². The van der Waals surface area contributed by atoms with Crippen LogP contribution in [0.4, 0.5) is 21.9 Å². The molecular weight excluding hydrogens is 442 g/mol. The van der Waals surface area contributed by atoms with E-state index in [1.807, 2.05) is 39.0 Å². The monoisotopic (exact) mass is 471 g/mol. The average Bonchev–Trinajstić information content (AvgIpc) is 3.11. The van der Waals surface area contributed by atoms with Crippen LogP contribution in [0.3, 0.4) is 0 Å². The Hall–Kier alpha value is -3.07. The van der Waals surface area contributed by atoms with Crippen molar-refractivity contribution in [2.45, 2.75) is 39.7 Å². The fourth-order valence-corrected chi connectivity index (χ4v) is 6.14. The number of sulfonamides is 1. The van der Waals surface area contributed by atoms with E-state index in [9.17, 15) is 23.1 Å². The summed E-state index contributed by atoms with van der Waals surface area (Å²) >= 11 is 0. The van der Waals surface area contributed by atoms with Crippen molar-refractivity contribution in [3.05, 3.63) is 42.5 Å². The first-order chi connectivity index (χ1) is 15.6. The summed E-state index contributed by atoms with van der Waals surface area (Å²) in [5, 5.41) is 9.83. The minimum absolute atomic E-state index is 0.0298. The molecule has 33 heavy (non-hydrogen) atoms. The highest BCUT2D eigenvalue weighted by Gasteiger charge is 2.35. The van der Waals surface area contributed by atoms with Gasteiger partial charge in [-0.2, -0.15) is 0 Å². The predicted octanol–water partition coefficient (Wildman–Crippen LogP) is 4.16. The van der Waals surface area contributed by atoms with Crippen molar-refractivity contribution < 1.29 is 23.1 Å². The van der Waals surface area contributed by atoms with Crippen LogP contribution in [0.1, 0.15) is 33.6 Å². The predicted molar refractivity (Wildman–Crippen MR) is 129 cm³/mol. The van der Waals surface area contributed by atoms with E-state index in [4.69, 9.17) is 0 Å². The molecule has 2 aromatic rings. The molecule has 2 heterocycles. The Morgan fingerprint density at radius 2 is 1.82 bits per heavy atom. The number of nitrogens with zero attached hydrogens (tertiary/aromatic N) is 3. The molecule has 0 spiro atoms. The smallest absolute Gasteiger partial charge is 0.411 e.